The van der Waals surface area contributed by atoms with E-state index in [1.54, 1.807) is 0 Å². The van der Waals surface area contributed by atoms with Crippen LogP contribution in [0, 0.1) is 0 Å². The number of carboxylic acids is 1. The van der Waals surface area contributed by atoms with Gasteiger partial charge >= 0.3 is 5.97 Å². The van der Waals surface area contributed by atoms with E-state index in [1.807, 2.05) is 0 Å². The molecule has 2 fully saturated rings. The molecule has 2 amide bonds. The molecule has 0 spiro atoms. The van der Waals surface area contributed by atoms with Gasteiger partial charge in [0.25, 0.3) is 0 Å². The Morgan fingerprint density at radius 1 is 1.37 bits per heavy atom. The maximum atomic E-state index is 12.4. The lowest BCUT2D eigenvalue weighted by molar-refractivity contribution is -0.161. The van der Waals surface area contributed by atoms with Gasteiger partial charge in [-0.15, -0.1) is 11.8 Å². The summed E-state index contributed by atoms with van der Waals surface area (Å²) >= 11 is 1.53. The van der Waals surface area contributed by atoms with Crippen LogP contribution in [0.1, 0.15) is 6.92 Å². The van der Waals surface area contributed by atoms with Crippen LogP contribution in [0.4, 0.5) is 0 Å². The molecule has 0 aromatic heterocycles. The third-order valence-electron chi connectivity index (χ3n) is 3.23. The minimum Gasteiger partial charge on any atom is -0.479 e. The summed E-state index contributed by atoms with van der Waals surface area (Å²) in [5.74, 6) is -0.311. The van der Waals surface area contributed by atoms with Gasteiger partial charge in [-0.2, -0.15) is 0 Å². The topological polar surface area (TPSA) is 87.2 Å². The van der Waals surface area contributed by atoms with Gasteiger partial charge in [0.2, 0.25) is 11.8 Å². The molecule has 0 radical (unpaired) electrons. The van der Waals surface area contributed by atoms with Gasteiger partial charge in [-0.3, -0.25) is 9.59 Å². The molecule has 2 rings (SSSR count). The van der Waals surface area contributed by atoms with Crippen LogP contribution in [0.15, 0.2) is 0 Å². The summed E-state index contributed by atoms with van der Waals surface area (Å²) in [7, 11) is 0. The first-order valence-corrected chi connectivity index (χ1v) is 7.14. The monoisotopic (exact) mass is 288 g/mol. The number of carbonyl (C=O) groups is 3. The number of amides is 2. The number of hydrogen-bond acceptors (Lipinski definition) is 5. The Bertz CT molecular complexity index is 403. The summed E-state index contributed by atoms with van der Waals surface area (Å²) in [4.78, 5) is 37.7. The van der Waals surface area contributed by atoms with E-state index < -0.39 is 18.1 Å². The number of rotatable bonds is 2. The molecular formula is C11H16N2O5S. The molecule has 0 aromatic carbocycles. The lowest BCUT2D eigenvalue weighted by atomic mass is 10.2. The zero-order chi connectivity index (χ0) is 14.0. The maximum absolute atomic E-state index is 12.4. The van der Waals surface area contributed by atoms with Crippen LogP contribution in [0.2, 0.25) is 0 Å². The number of morpholine rings is 1. The molecule has 8 heteroatoms. The predicted octanol–water partition coefficient (Wildman–Crippen LogP) is -0.780. The van der Waals surface area contributed by atoms with E-state index in [4.69, 9.17) is 9.84 Å². The fourth-order valence-corrected chi connectivity index (χ4v) is 3.38. The van der Waals surface area contributed by atoms with Crippen molar-refractivity contribution in [2.24, 2.45) is 0 Å². The van der Waals surface area contributed by atoms with E-state index in [2.05, 4.69) is 0 Å². The van der Waals surface area contributed by atoms with Crippen molar-refractivity contribution in [1.29, 1.82) is 0 Å². The number of aliphatic carboxylic acids is 1. The lowest BCUT2D eigenvalue weighted by Gasteiger charge is -2.34. The molecule has 1 N–H and O–H groups in total. The summed E-state index contributed by atoms with van der Waals surface area (Å²) in [6, 6.07) is -0.477. The fourth-order valence-electron chi connectivity index (χ4n) is 2.17. The van der Waals surface area contributed by atoms with Crippen molar-refractivity contribution < 1.29 is 24.2 Å². The highest BCUT2D eigenvalue weighted by molar-refractivity contribution is 7.99. The molecular weight excluding hydrogens is 272 g/mol. The molecule has 7 nitrogen and oxygen atoms in total. The van der Waals surface area contributed by atoms with E-state index in [0.717, 1.165) is 0 Å². The Morgan fingerprint density at radius 3 is 2.74 bits per heavy atom. The third kappa shape index (κ3) is 3.01. The number of hydrogen-bond donors (Lipinski definition) is 1. The summed E-state index contributed by atoms with van der Waals surface area (Å²) in [6.07, 6.45) is -0.975. The van der Waals surface area contributed by atoms with Gasteiger partial charge < -0.3 is 19.6 Å². The van der Waals surface area contributed by atoms with Crippen molar-refractivity contribution in [2.75, 3.05) is 31.3 Å². The molecule has 0 aromatic rings. The first kappa shape index (κ1) is 14.1. The van der Waals surface area contributed by atoms with E-state index >= 15 is 0 Å². The second-order valence-electron chi connectivity index (χ2n) is 4.49. The third-order valence-corrected chi connectivity index (χ3v) is 4.24. The molecule has 2 aliphatic rings. The number of carbonyl (C=O) groups excluding carboxylic acids is 2. The van der Waals surface area contributed by atoms with Gasteiger partial charge in [0.15, 0.2) is 6.10 Å². The smallest absolute Gasteiger partial charge is 0.334 e. The normalized spacial score (nSPS) is 27.4. The number of thioether (sulfide) groups is 1. The zero-order valence-corrected chi connectivity index (χ0v) is 11.4. The Kier molecular flexibility index (Phi) is 4.31. The van der Waals surface area contributed by atoms with Crippen LogP contribution in [0.5, 0.6) is 0 Å². The summed E-state index contributed by atoms with van der Waals surface area (Å²) in [5, 5.41) is 8.91. The summed E-state index contributed by atoms with van der Waals surface area (Å²) in [5.41, 5.74) is 0. The molecule has 2 aliphatic heterocycles. The average Bonchev–Trinajstić information content (AvgIpc) is 2.87. The first-order valence-electron chi connectivity index (χ1n) is 5.99. The molecule has 2 saturated heterocycles. The van der Waals surface area contributed by atoms with Gasteiger partial charge in [0, 0.05) is 19.2 Å². The zero-order valence-electron chi connectivity index (χ0n) is 10.6. The van der Waals surface area contributed by atoms with Crippen LogP contribution in [0.3, 0.4) is 0 Å². The SMILES string of the molecule is CC(=O)N1CSC[C@H]1C(=O)N1CCO[C@H](C(=O)O)C1. The predicted molar refractivity (Wildman–Crippen MR) is 67.6 cm³/mol. The quantitative estimate of drug-likeness (QED) is 0.717. The summed E-state index contributed by atoms with van der Waals surface area (Å²) < 4.78 is 5.08. The highest BCUT2D eigenvalue weighted by Crippen LogP contribution is 2.23. The minimum atomic E-state index is -1.07. The molecule has 2 heterocycles. The molecule has 0 saturated carbocycles. The van der Waals surface area contributed by atoms with E-state index in [-0.39, 0.29) is 25.0 Å². The highest BCUT2D eigenvalue weighted by atomic mass is 32.2. The Balaban J connectivity index is 2.02. The maximum Gasteiger partial charge on any atom is 0.334 e. The molecule has 19 heavy (non-hydrogen) atoms. The second-order valence-corrected chi connectivity index (χ2v) is 5.49. The van der Waals surface area contributed by atoms with Gasteiger partial charge in [0.1, 0.15) is 6.04 Å². The van der Waals surface area contributed by atoms with Crippen LogP contribution in [-0.4, -0.2) is 76.2 Å². The van der Waals surface area contributed by atoms with Crippen LogP contribution >= 0.6 is 11.8 Å². The van der Waals surface area contributed by atoms with Gasteiger partial charge in [-0.1, -0.05) is 0 Å². The Hall–Kier alpha value is -1.28. The van der Waals surface area contributed by atoms with Crippen molar-refractivity contribution in [3.63, 3.8) is 0 Å². The first-order chi connectivity index (χ1) is 9.00. The molecule has 2 atom stereocenters. The van der Waals surface area contributed by atoms with Crippen molar-refractivity contribution in [2.45, 2.75) is 19.1 Å². The molecule has 0 bridgehead atoms. The number of nitrogens with zero attached hydrogens (tertiary/aromatic N) is 2. The van der Waals surface area contributed by atoms with E-state index in [9.17, 15) is 14.4 Å². The van der Waals surface area contributed by atoms with E-state index in [1.165, 1.54) is 28.5 Å². The van der Waals surface area contributed by atoms with Crippen LogP contribution in [-0.2, 0) is 19.1 Å². The number of ether oxygens (including phenoxy) is 1. The van der Waals surface area contributed by atoms with Crippen molar-refractivity contribution >= 4 is 29.5 Å². The Labute approximate surface area is 114 Å². The average molecular weight is 288 g/mol. The minimum absolute atomic E-state index is 0.0427. The van der Waals surface area contributed by atoms with Crippen molar-refractivity contribution in [3.8, 4) is 0 Å². The largest absolute Gasteiger partial charge is 0.479 e. The van der Waals surface area contributed by atoms with Crippen molar-refractivity contribution in [3.05, 3.63) is 0 Å². The fraction of sp³-hybridized carbons (Fsp3) is 0.727. The summed E-state index contributed by atoms with van der Waals surface area (Å²) in [6.45, 7) is 2.06. The second kappa shape index (κ2) is 5.79. The number of carboxylic acid groups (broad SMARTS) is 1. The molecule has 0 unspecified atom stereocenters. The van der Waals surface area contributed by atoms with Crippen LogP contribution < -0.4 is 0 Å². The molecule has 106 valence electrons. The Morgan fingerprint density at radius 2 is 2.11 bits per heavy atom. The standard InChI is InChI=1S/C11H16N2O5S/c1-7(14)13-6-19-5-8(13)10(15)12-2-3-18-9(4-12)11(16)17/h8-9H,2-6H2,1H3,(H,16,17)/t8-,9-/m0/s1. The van der Waals surface area contributed by atoms with Crippen molar-refractivity contribution in [1.82, 2.24) is 9.80 Å². The highest BCUT2D eigenvalue weighted by Gasteiger charge is 2.38. The lowest BCUT2D eigenvalue weighted by Crippen LogP contribution is -2.54. The molecule has 0 aliphatic carbocycles. The van der Waals surface area contributed by atoms with Crippen LogP contribution in [0.25, 0.3) is 0 Å². The van der Waals surface area contributed by atoms with Gasteiger partial charge in [-0.05, 0) is 0 Å². The van der Waals surface area contributed by atoms with Gasteiger partial charge in [0.05, 0.1) is 19.0 Å². The van der Waals surface area contributed by atoms with Gasteiger partial charge in [-0.25, -0.2) is 4.79 Å². The van der Waals surface area contributed by atoms with E-state index in [0.29, 0.717) is 18.2 Å².